The second-order valence-electron chi connectivity index (χ2n) is 4.80. The zero-order chi connectivity index (χ0) is 14.7. The van der Waals surface area contributed by atoms with Gasteiger partial charge in [-0.3, -0.25) is 4.79 Å². The lowest BCUT2D eigenvalue weighted by molar-refractivity contribution is 0.0746. The van der Waals surface area contributed by atoms with Crippen molar-refractivity contribution in [3.05, 3.63) is 42.4 Å². The van der Waals surface area contributed by atoms with E-state index in [-0.39, 0.29) is 5.91 Å². The molecule has 0 spiro atoms. The molecular weight excluding hydrogens is 268 g/mol. The van der Waals surface area contributed by atoms with Gasteiger partial charge in [0.25, 0.3) is 5.91 Å². The molecule has 1 aliphatic rings. The van der Waals surface area contributed by atoms with Gasteiger partial charge in [0.15, 0.2) is 0 Å². The average Bonchev–Trinajstić information content (AvgIpc) is 2.55. The summed E-state index contributed by atoms with van der Waals surface area (Å²) in [7, 11) is 0. The van der Waals surface area contributed by atoms with Crippen LogP contribution in [0.15, 0.2) is 36.8 Å². The fourth-order valence-electron chi connectivity index (χ4n) is 2.33. The second kappa shape index (κ2) is 5.74. The van der Waals surface area contributed by atoms with E-state index < -0.39 is 0 Å². The largest absolute Gasteiger partial charge is 0.384 e. The van der Waals surface area contributed by atoms with E-state index in [4.69, 9.17) is 5.73 Å². The van der Waals surface area contributed by atoms with E-state index in [1.807, 2.05) is 4.90 Å². The molecule has 0 aromatic carbocycles. The predicted octanol–water partition coefficient (Wildman–Crippen LogP) is 0.416. The zero-order valence-electron chi connectivity index (χ0n) is 11.5. The number of pyridine rings is 1. The molecule has 0 radical (unpaired) electrons. The van der Waals surface area contributed by atoms with E-state index in [1.165, 1.54) is 0 Å². The highest BCUT2D eigenvalue weighted by Crippen LogP contribution is 2.13. The highest BCUT2D eigenvalue weighted by Gasteiger charge is 2.23. The normalized spacial score (nSPS) is 15.0. The number of hydrogen-bond acceptors (Lipinski definition) is 6. The van der Waals surface area contributed by atoms with Gasteiger partial charge >= 0.3 is 0 Å². The Hall–Kier alpha value is -2.70. The molecule has 1 aliphatic heterocycles. The van der Waals surface area contributed by atoms with E-state index in [0.29, 0.717) is 30.4 Å². The zero-order valence-corrected chi connectivity index (χ0v) is 11.5. The molecule has 3 heterocycles. The van der Waals surface area contributed by atoms with E-state index in [9.17, 15) is 4.79 Å². The van der Waals surface area contributed by atoms with Crippen molar-refractivity contribution in [2.24, 2.45) is 0 Å². The maximum atomic E-state index is 12.4. The summed E-state index contributed by atoms with van der Waals surface area (Å²) in [4.78, 5) is 28.6. The van der Waals surface area contributed by atoms with Crippen LogP contribution in [0.2, 0.25) is 0 Å². The summed E-state index contributed by atoms with van der Waals surface area (Å²) < 4.78 is 0. The number of nitrogens with zero attached hydrogens (tertiary/aromatic N) is 5. The summed E-state index contributed by atoms with van der Waals surface area (Å²) >= 11 is 0. The lowest BCUT2D eigenvalue weighted by atomic mass is 10.2. The molecule has 108 valence electrons. The van der Waals surface area contributed by atoms with Crippen molar-refractivity contribution in [3.8, 4) is 0 Å². The van der Waals surface area contributed by atoms with Crippen LogP contribution in [0, 0.1) is 0 Å². The van der Waals surface area contributed by atoms with Gasteiger partial charge in [0.05, 0.1) is 0 Å². The van der Waals surface area contributed by atoms with Crippen LogP contribution in [0.3, 0.4) is 0 Å². The molecule has 7 nitrogen and oxygen atoms in total. The van der Waals surface area contributed by atoms with Crippen molar-refractivity contribution in [3.63, 3.8) is 0 Å². The Bertz CT molecular complexity index is 624. The topological polar surface area (TPSA) is 88.2 Å². The number of carbonyl (C=O) groups excluding carboxylic acids is 1. The first kappa shape index (κ1) is 13.3. The molecule has 2 aromatic heterocycles. The summed E-state index contributed by atoms with van der Waals surface area (Å²) in [5.41, 5.74) is 6.19. The molecule has 0 saturated carbocycles. The van der Waals surface area contributed by atoms with Gasteiger partial charge in [-0.15, -0.1) is 0 Å². The van der Waals surface area contributed by atoms with Crippen LogP contribution in [-0.4, -0.2) is 51.9 Å². The van der Waals surface area contributed by atoms with Gasteiger partial charge in [-0.05, 0) is 18.2 Å². The molecule has 1 fully saturated rings. The Kier molecular flexibility index (Phi) is 3.63. The van der Waals surface area contributed by atoms with Gasteiger partial charge in [-0.2, -0.15) is 0 Å². The molecule has 1 amide bonds. The van der Waals surface area contributed by atoms with Crippen LogP contribution in [-0.2, 0) is 0 Å². The Morgan fingerprint density at radius 1 is 1.05 bits per heavy atom. The molecule has 7 heteroatoms. The lowest BCUT2D eigenvalue weighted by Gasteiger charge is -2.34. The Labute approximate surface area is 122 Å². The number of anilines is 2. The molecule has 3 rings (SSSR count). The summed E-state index contributed by atoms with van der Waals surface area (Å²) in [5, 5.41) is 0. The van der Waals surface area contributed by atoms with Crippen molar-refractivity contribution < 1.29 is 4.79 Å². The molecule has 2 N–H and O–H groups in total. The third kappa shape index (κ3) is 2.91. The number of rotatable bonds is 2. The first-order valence-electron chi connectivity index (χ1n) is 6.77. The number of aromatic nitrogens is 3. The Balaban J connectivity index is 1.64. The minimum Gasteiger partial charge on any atom is -0.384 e. The van der Waals surface area contributed by atoms with Gasteiger partial charge in [0, 0.05) is 50.3 Å². The summed E-state index contributed by atoms with van der Waals surface area (Å²) in [6.45, 7) is 2.71. The minimum absolute atomic E-state index is 0.0160. The van der Waals surface area contributed by atoms with Crippen LogP contribution in [0.25, 0.3) is 0 Å². The van der Waals surface area contributed by atoms with Crippen LogP contribution < -0.4 is 10.6 Å². The standard InChI is InChI=1S/C14H16N6O/c15-12-10-11(2-5-16-12)13(21)19-6-8-20(9-7-19)14-17-3-1-4-18-14/h1-5,10H,6-9H2,(H2,15,16). The molecule has 0 unspecified atom stereocenters. The molecule has 2 aromatic rings. The fraction of sp³-hybridized carbons (Fsp3) is 0.286. The van der Waals surface area contributed by atoms with E-state index in [0.717, 1.165) is 13.1 Å². The highest BCUT2D eigenvalue weighted by molar-refractivity contribution is 5.94. The monoisotopic (exact) mass is 284 g/mol. The van der Waals surface area contributed by atoms with Gasteiger partial charge < -0.3 is 15.5 Å². The highest BCUT2D eigenvalue weighted by atomic mass is 16.2. The first-order chi connectivity index (χ1) is 10.2. The second-order valence-corrected chi connectivity index (χ2v) is 4.80. The summed E-state index contributed by atoms with van der Waals surface area (Å²) in [6, 6.07) is 5.08. The minimum atomic E-state index is -0.0160. The van der Waals surface area contributed by atoms with Gasteiger partial charge in [-0.25, -0.2) is 15.0 Å². The molecule has 0 aliphatic carbocycles. The smallest absolute Gasteiger partial charge is 0.254 e. The van der Waals surface area contributed by atoms with Crippen LogP contribution in [0.1, 0.15) is 10.4 Å². The van der Waals surface area contributed by atoms with Crippen molar-refractivity contribution in [2.75, 3.05) is 36.8 Å². The van der Waals surface area contributed by atoms with Crippen LogP contribution in [0.5, 0.6) is 0 Å². The third-order valence-corrected chi connectivity index (χ3v) is 3.43. The van der Waals surface area contributed by atoms with Crippen molar-refractivity contribution in [1.29, 1.82) is 0 Å². The number of nitrogen functional groups attached to an aromatic ring is 1. The maximum Gasteiger partial charge on any atom is 0.254 e. The SMILES string of the molecule is Nc1cc(C(=O)N2CCN(c3ncccn3)CC2)ccn1. The van der Waals surface area contributed by atoms with Crippen molar-refractivity contribution in [2.45, 2.75) is 0 Å². The van der Waals surface area contributed by atoms with E-state index in [1.54, 1.807) is 36.8 Å². The number of nitrogens with two attached hydrogens (primary N) is 1. The predicted molar refractivity (Wildman–Crippen MR) is 78.8 cm³/mol. The van der Waals surface area contributed by atoms with E-state index in [2.05, 4.69) is 19.9 Å². The third-order valence-electron chi connectivity index (χ3n) is 3.43. The van der Waals surface area contributed by atoms with E-state index >= 15 is 0 Å². The number of hydrogen-bond donors (Lipinski definition) is 1. The molecule has 1 saturated heterocycles. The molecular formula is C14H16N6O. The molecule has 0 atom stereocenters. The Morgan fingerprint density at radius 2 is 1.76 bits per heavy atom. The lowest BCUT2D eigenvalue weighted by Crippen LogP contribution is -2.49. The van der Waals surface area contributed by atoms with Crippen LogP contribution in [0.4, 0.5) is 11.8 Å². The fourth-order valence-corrected chi connectivity index (χ4v) is 2.33. The molecule has 0 bridgehead atoms. The number of amides is 1. The van der Waals surface area contributed by atoms with Crippen molar-refractivity contribution >= 4 is 17.7 Å². The van der Waals surface area contributed by atoms with Crippen LogP contribution >= 0.6 is 0 Å². The quantitative estimate of drug-likeness (QED) is 0.859. The Morgan fingerprint density at radius 3 is 2.43 bits per heavy atom. The summed E-state index contributed by atoms with van der Waals surface area (Å²) in [5.74, 6) is 1.05. The number of piperazine rings is 1. The van der Waals surface area contributed by atoms with Gasteiger partial charge in [0.1, 0.15) is 5.82 Å². The average molecular weight is 284 g/mol. The summed E-state index contributed by atoms with van der Waals surface area (Å²) in [6.07, 6.45) is 5.00. The number of carbonyl (C=O) groups is 1. The van der Waals surface area contributed by atoms with Crippen molar-refractivity contribution in [1.82, 2.24) is 19.9 Å². The molecule has 21 heavy (non-hydrogen) atoms. The maximum absolute atomic E-state index is 12.4. The first-order valence-corrected chi connectivity index (χ1v) is 6.77. The van der Waals surface area contributed by atoms with Gasteiger partial charge in [0.2, 0.25) is 5.95 Å². The van der Waals surface area contributed by atoms with Gasteiger partial charge in [-0.1, -0.05) is 0 Å².